The monoisotopic (exact) mass is 100 g/mol. The number of likely N-dealkylation sites (N-methyl/N-ethyl adjacent to an activating group) is 1. The summed E-state index contributed by atoms with van der Waals surface area (Å²) in [5, 5.41) is 2.12. The quantitative estimate of drug-likeness (QED) is 0.468. The van der Waals surface area contributed by atoms with Gasteiger partial charge in [-0.2, -0.15) is 0 Å². The summed E-state index contributed by atoms with van der Waals surface area (Å²) < 4.78 is 0. The van der Waals surface area contributed by atoms with Crippen LogP contribution >= 0.6 is 0 Å². The van der Waals surface area contributed by atoms with Crippen molar-refractivity contribution >= 4 is 0 Å². The number of hydrogen-bond acceptors (Lipinski definition) is 2. The molecule has 1 saturated heterocycles. The van der Waals surface area contributed by atoms with E-state index in [9.17, 15) is 0 Å². The zero-order chi connectivity index (χ0) is 5.44. The number of nitrogens with one attached hydrogen (secondary N) is 1. The summed E-state index contributed by atoms with van der Waals surface area (Å²) in [7, 11) is 2.06. The molecule has 0 aromatic carbocycles. The highest BCUT2D eigenvalue weighted by atomic mass is 15.6. The zero-order valence-corrected chi connectivity index (χ0v) is 5.10. The van der Waals surface area contributed by atoms with Crippen LogP contribution in [0.4, 0.5) is 0 Å². The number of nitrogens with zero attached hydrogens (tertiary/aromatic N) is 1. The first kappa shape index (κ1) is 5.06. The predicted molar refractivity (Wildman–Crippen MR) is 29.8 cm³/mol. The van der Waals surface area contributed by atoms with E-state index < -0.39 is 0 Å². The topological polar surface area (TPSA) is 15.3 Å². The molecule has 1 heterocycles. The van der Waals surface area contributed by atoms with Crippen molar-refractivity contribution in [2.75, 3.05) is 7.05 Å². The Morgan fingerprint density at radius 3 is 2.00 bits per heavy atom. The molecule has 2 heteroatoms. The van der Waals surface area contributed by atoms with Crippen LogP contribution in [-0.4, -0.2) is 24.1 Å². The molecule has 2 nitrogen and oxygen atoms in total. The van der Waals surface area contributed by atoms with Crippen LogP contribution < -0.4 is 5.43 Å². The lowest BCUT2D eigenvalue weighted by atomic mass is 10.1. The molecule has 0 aromatic heterocycles. The van der Waals surface area contributed by atoms with E-state index in [-0.39, 0.29) is 0 Å². The Kier molecular flexibility index (Phi) is 1.05. The lowest BCUT2D eigenvalue weighted by Crippen LogP contribution is -2.64. The summed E-state index contributed by atoms with van der Waals surface area (Å²) >= 11 is 0. The van der Waals surface area contributed by atoms with Gasteiger partial charge in [0.2, 0.25) is 0 Å². The standard InChI is InChI=1S/C5H12N2/c1-4-5(2)7(3)6-4/h4-6H,1-3H3. The highest BCUT2D eigenvalue weighted by Crippen LogP contribution is 2.08. The molecule has 1 aliphatic rings. The summed E-state index contributed by atoms with van der Waals surface area (Å²) in [4.78, 5) is 0. The van der Waals surface area contributed by atoms with E-state index in [1.807, 2.05) is 0 Å². The van der Waals surface area contributed by atoms with Gasteiger partial charge in [-0.15, -0.1) is 0 Å². The Balaban J connectivity index is 2.29. The van der Waals surface area contributed by atoms with Gasteiger partial charge in [0, 0.05) is 19.1 Å². The van der Waals surface area contributed by atoms with Gasteiger partial charge in [-0.05, 0) is 13.8 Å². The second kappa shape index (κ2) is 1.46. The van der Waals surface area contributed by atoms with Gasteiger partial charge < -0.3 is 0 Å². The van der Waals surface area contributed by atoms with Crippen LogP contribution in [0.5, 0.6) is 0 Å². The summed E-state index contributed by atoms with van der Waals surface area (Å²) in [5.41, 5.74) is 3.19. The maximum atomic E-state index is 3.19. The minimum absolute atomic E-state index is 0.685. The lowest BCUT2D eigenvalue weighted by Gasteiger charge is -2.43. The van der Waals surface area contributed by atoms with Gasteiger partial charge in [0.05, 0.1) is 0 Å². The van der Waals surface area contributed by atoms with Crippen LogP contribution in [0.15, 0.2) is 0 Å². The molecule has 0 amide bonds. The van der Waals surface area contributed by atoms with Crippen molar-refractivity contribution in [2.24, 2.45) is 0 Å². The van der Waals surface area contributed by atoms with Crippen LogP contribution in [0, 0.1) is 0 Å². The van der Waals surface area contributed by atoms with Gasteiger partial charge in [-0.3, -0.25) is 5.43 Å². The van der Waals surface area contributed by atoms with Crippen molar-refractivity contribution in [1.29, 1.82) is 0 Å². The fraction of sp³-hybridized carbons (Fsp3) is 1.00. The molecule has 1 N–H and O–H groups in total. The fourth-order valence-corrected chi connectivity index (χ4v) is 0.800. The van der Waals surface area contributed by atoms with Gasteiger partial charge in [-0.1, -0.05) is 0 Å². The van der Waals surface area contributed by atoms with Crippen molar-refractivity contribution in [3.63, 3.8) is 0 Å². The first-order chi connectivity index (χ1) is 3.22. The molecule has 7 heavy (non-hydrogen) atoms. The molecule has 1 fully saturated rings. The first-order valence-corrected chi connectivity index (χ1v) is 2.71. The van der Waals surface area contributed by atoms with Gasteiger partial charge in [0.1, 0.15) is 0 Å². The molecule has 0 aliphatic carbocycles. The average Bonchev–Trinajstić information content (AvgIpc) is 1.68. The number of hydrazine groups is 1. The Hall–Kier alpha value is -0.0800. The highest BCUT2D eigenvalue weighted by Gasteiger charge is 2.26. The van der Waals surface area contributed by atoms with E-state index in [0.717, 1.165) is 6.04 Å². The van der Waals surface area contributed by atoms with E-state index in [4.69, 9.17) is 0 Å². The Bertz CT molecular complexity index is 64.5. The van der Waals surface area contributed by atoms with E-state index >= 15 is 0 Å². The minimum Gasteiger partial charge on any atom is -0.251 e. The summed E-state index contributed by atoms with van der Waals surface area (Å²) in [6.07, 6.45) is 0. The summed E-state index contributed by atoms with van der Waals surface area (Å²) in [6, 6.07) is 1.41. The van der Waals surface area contributed by atoms with Crippen molar-refractivity contribution in [2.45, 2.75) is 25.9 Å². The lowest BCUT2D eigenvalue weighted by molar-refractivity contribution is 0.0155. The molecular formula is C5H12N2. The zero-order valence-electron chi connectivity index (χ0n) is 5.10. The molecule has 0 saturated carbocycles. The third kappa shape index (κ3) is 0.640. The smallest absolute Gasteiger partial charge is 0.0376 e. The van der Waals surface area contributed by atoms with E-state index in [1.165, 1.54) is 0 Å². The van der Waals surface area contributed by atoms with Crippen molar-refractivity contribution in [1.82, 2.24) is 10.4 Å². The average molecular weight is 100 g/mol. The van der Waals surface area contributed by atoms with Crippen molar-refractivity contribution in [3.05, 3.63) is 0 Å². The van der Waals surface area contributed by atoms with Crippen LogP contribution in [0.3, 0.4) is 0 Å². The van der Waals surface area contributed by atoms with E-state index in [1.54, 1.807) is 0 Å². The molecular weight excluding hydrogens is 88.1 g/mol. The van der Waals surface area contributed by atoms with Crippen LogP contribution in [0.2, 0.25) is 0 Å². The molecule has 1 rings (SSSR count). The van der Waals surface area contributed by atoms with Crippen LogP contribution in [0.1, 0.15) is 13.8 Å². The molecule has 0 aromatic rings. The fourth-order valence-electron chi connectivity index (χ4n) is 0.800. The molecule has 0 radical (unpaired) electrons. The number of rotatable bonds is 0. The first-order valence-electron chi connectivity index (χ1n) is 2.71. The van der Waals surface area contributed by atoms with Gasteiger partial charge >= 0.3 is 0 Å². The molecule has 2 unspecified atom stereocenters. The Morgan fingerprint density at radius 2 is 2.00 bits per heavy atom. The van der Waals surface area contributed by atoms with Crippen LogP contribution in [0.25, 0.3) is 0 Å². The predicted octanol–water partition coefficient (Wildman–Crippen LogP) is 0.213. The largest absolute Gasteiger partial charge is 0.251 e. The third-order valence-electron chi connectivity index (χ3n) is 1.74. The second-order valence-electron chi connectivity index (χ2n) is 2.27. The number of hydrogen-bond donors (Lipinski definition) is 1. The Morgan fingerprint density at radius 1 is 1.43 bits per heavy atom. The van der Waals surface area contributed by atoms with Crippen LogP contribution in [-0.2, 0) is 0 Å². The molecule has 0 bridgehead atoms. The molecule has 0 spiro atoms. The minimum atomic E-state index is 0.685. The summed E-state index contributed by atoms with van der Waals surface area (Å²) in [6.45, 7) is 4.39. The van der Waals surface area contributed by atoms with Crippen molar-refractivity contribution in [3.8, 4) is 0 Å². The van der Waals surface area contributed by atoms with Crippen molar-refractivity contribution < 1.29 is 0 Å². The maximum Gasteiger partial charge on any atom is 0.0376 e. The normalized spacial score (nSPS) is 43.3. The van der Waals surface area contributed by atoms with Gasteiger partial charge in [-0.25, -0.2) is 5.01 Å². The Labute approximate surface area is 44.5 Å². The summed E-state index contributed by atoms with van der Waals surface area (Å²) in [5.74, 6) is 0. The van der Waals surface area contributed by atoms with E-state index in [2.05, 4.69) is 31.3 Å². The molecule has 42 valence electrons. The van der Waals surface area contributed by atoms with Gasteiger partial charge in [0.15, 0.2) is 0 Å². The van der Waals surface area contributed by atoms with Gasteiger partial charge in [0.25, 0.3) is 0 Å². The SMILES string of the molecule is CC1NN(C)C1C. The molecule has 1 aliphatic heterocycles. The third-order valence-corrected chi connectivity index (χ3v) is 1.74. The highest BCUT2D eigenvalue weighted by molar-refractivity contribution is 4.81. The van der Waals surface area contributed by atoms with E-state index in [0.29, 0.717) is 6.04 Å². The molecule has 2 atom stereocenters. The maximum absolute atomic E-state index is 3.19. The second-order valence-corrected chi connectivity index (χ2v) is 2.27.